The van der Waals surface area contributed by atoms with Crippen LogP contribution in [0, 0.1) is 5.92 Å². The fourth-order valence-electron chi connectivity index (χ4n) is 2.78. The van der Waals surface area contributed by atoms with Gasteiger partial charge in [-0.3, -0.25) is 4.98 Å². The summed E-state index contributed by atoms with van der Waals surface area (Å²) in [7, 11) is 2.01. The van der Waals surface area contributed by atoms with Crippen LogP contribution < -0.4 is 9.80 Å². The Labute approximate surface area is 137 Å². The maximum Gasteiger partial charge on any atom is 0.247 e. The molecule has 1 aliphatic rings. The molecule has 0 amide bonds. The number of hydrogen-bond donors (Lipinski definition) is 0. The maximum absolute atomic E-state index is 4.70. The van der Waals surface area contributed by atoms with Crippen molar-refractivity contribution < 1.29 is 0 Å². The smallest absolute Gasteiger partial charge is 0.247 e. The minimum Gasteiger partial charge on any atom is -0.355 e. The number of aromatic nitrogens is 4. The Morgan fingerprint density at radius 3 is 2.70 bits per heavy atom. The molecule has 0 saturated carbocycles. The summed E-state index contributed by atoms with van der Waals surface area (Å²) < 4.78 is 0. The van der Waals surface area contributed by atoms with Crippen molar-refractivity contribution in [3.8, 4) is 0 Å². The summed E-state index contributed by atoms with van der Waals surface area (Å²) in [6.07, 6.45) is 8.80. The number of hydrogen-bond acceptors (Lipinski definition) is 6. The van der Waals surface area contributed by atoms with Gasteiger partial charge in [0.2, 0.25) is 5.95 Å². The first-order chi connectivity index (χ1) is 11.2. The molecule has 0 N–H and O–H groups in total. The van der Waals surface area contributed by atoms with E-state index in [1.807, 2.05) is 31.6 Å². The molecule has 2 aromatic heterocycles. The average Bonchev–Trinajstić information content (AvgIpc) is 2.61. The van der Waals surface area contributed by atoms with Crippen LogP contribution in [0.4, 0.5) is 11.8 Å². The number of likely N-dealkylation sites (N-methyl/N-ethyl adjacent to an activating group) is 1. The second kappa shape index (κ2) is 7.35. The summed E-state index contributed by atoms with van der Waals surface area (Å²) >= 11 is 0. The fraction of sp³-hybridized carbons (Fsp3) is 0.529. The molecule has 2 aromatic rings. The van der Waals surface area contributed by atoms with Crippen LogP contribution in [-0.4, -0.2) is 46.8 Å². The quantitative estimate of drug-likeness (QED) is 0.843. The molecule has 1 saturated heterocycles. The van der Waals surface area contributed by atoms with Crippen molar-refractivity contribution in [1.82, 2.24) is 20.2 Å². The number of pyridine rings is 1. The van der Waals surface area contributed by atoms with Gasteiger partial charge in [0.25, 0.3) is 0 Å². The van der Waals surface area contributed by atoms with Crippen molar-refractivity contribution in [2.24, 2.45) is 5.92 Å². The minimum absolute atomic E-state index is 0.690. The number of anilines is 2. The van der Waals surface area contributed by atoms with Gasteiger partial charge in [-0.05, 0) is 42.9 Å². The Hall–Kier alpha value is -2.24. The van der Waals surface area contributed by atoms with Crippen molar-refractivity contribution in [3.05, 3.63) is 36.3 Å². The molecule has 23 heavy (non-hydrogen) atoms. The van der Waals surface area contributed by atoms with E-state index in [1.54, 1.807) is 6.20 Å². The SMILES string of the molecule is CC1CCN(c2cnnc(N(C)CCc3ccncc3)n2)CC1. The summed E-state index contributed by atoms with van der Waals surface area (Å²) in [6, 6.07) is 4.08. The zero-order chi connectivity index (χ0) is 16.1. The van der Waals surface area contributed by atoms with Gasteiger partial charge >= 0.3 is 0 Å². The van der Waals surface area contributed by atoms with Gasteiger partial charge in [0.1, 0.15) is 0 Å². The molecule has 0 aliphatic carbocycles. The molecule has 6 heteroatoms. The second-order valence-electron chi connectivity index (χ2n) is 6.31. The molecule has 0 bridgehead atoms. The van der Waals surface area contributed by atoms with Gasteiger partial charge in [0.15, 0.2) is 5.82 Å². The highest BCUT2D eigenvalue weighted by Gasteiger charge is 2.18. The minimum atomic E-state index is 0.690. The van der Waals surface area contributed by atoms with Crippen LogP contribution in [-0.2, 0) is 6.42 Å². The van der Waals surface area contributed by atoms with E-state index in [2.05, 4.69) is 31.9 Å². The van der Waals surface area contributed by atoms with E-state index in [9.17, 15) is 0 Å². The summed E-state index contributed by atoms with van der Waals surface area (Å²) in [5.41, 5.74) is 1.26. The van der Waals surface area contributed by atoms with Crippen molar-refractivity contribution >= 4 is 11.8 Å². The average molecular weight is 312 g/mol. The van der Waals surface area contributed by atoms with E-state index in [0.29, 0.717) is 5.95 Å². The summed E-state index contributed by atoms with van der Waals surface area (Å²) in [4.78, 5) is 13.1. The molecule has 122 valence electrons. The summed E-state index contributed by atoms with van der Waals surface area (Å²) in [5.74, 6) is 2.44. The topological polar surface area (TPSA) is 58.0 Å². The number of piperidine rings is 1. The molecular weight excluding hydrogens is 288 g/mol. The Morgan fingerprint density at radius 2 is 1.96 bits per heavy atom. The summed E-state index contributed by atoms with van der Waals surface area (Å²) in [5, 5.41) is 8.34. The van der Waals surface area contributed by atoms with E-state index < -0.39 is 0 Å². The van der Waals surface area contributed by atoms with Crippen LogP contribution >= 0.6 is 0 Å². The number of rotatable bonds is 5. The normalized spacial score (nSPS) is 15.7. The van der Waals surface area contributed by atoms with Crippen LogP contribution in [0.15, 0.2) is 30.7 Å². The second-order valence-corrected chi connectivity index (χ2v) is 6.31. The molecule has 6 nitrogen and oxygen atoms in total. The predicted octanol–water partition coefficient (Wildman–Crippen LogP) is 2.18. The first kappa shape index (κ1) is 15.6. The molecule has 0 unspecified atom stereocenters. The highest BCUT2D eigenvalue weighted by Crippen LogP contribution is 2.21. The Morgan fingerprint density at radius 1 is 1.22 bits per heavy atom. The molecule has 3 heterocycles. The van der Waals surface area contributed by atoms with E-state index in [-0.39, 0.29) is 0 Å². The van der Waals surface area contributed by atoms with Gasteiger partial charge in [-0.25, -0.2) is 0 Å². The third-order valence-electron chi connectivity index (χ3n) is 4.47. The third-order valence-corrected chi connectivity index (χ3v) is 4.47. The van der Waals surface area contributed by atoms with Gasteiger partial charge in [-0.2, -0.15) is 10.1 Å². The molecular formula is C17H24N6. The van der Waals surface area contributed by atoms with Gasteiger partial charge < -0.3 is 9.80 Å². The lowest BCUT2D eigenvalue weighted by molar-refractivity contribution is 0.436. The van der Waals surface area contributed by atoms with Crippen molar-refractivity contribution in [2.75, 3.05) is 36.5 Å². The van der Waals surface area contributed by atoms with E-state index in [1.165, 1.54) is 18.4 Å². The fourth-order valence-corrected chi connectivity index (χ4v) is 2.78. The maximum atomic E-state index is 4.70. The lowest BCUT2D eigenvalue weighted by Gasteiger charge is -2.31. The molecule has 0 aromatic carbocycles. The van der Waals surface area contributed by atoms with Crippen LogP contribution in [0.25, 0.3) is 0 Å². The van der Waals surface area contributed by atoms with E-state index in [0.717, 1.165) is 37.8 Å². The Bertz CT molecular complexity index is 609. The predicted molar refractivity (Wildman–Crippen MR) is 91.6 cm³/mol. The third kappa shape index (κ3) is 4.15. The van der Waals surface area contributed by atoms with Crippen molar-refractivity contribution in [1.29, 1.82) is 0 Å². The molecule has 1 fully saturated rings. The zero-order valence-electron chi connectivity index (χ0n) is 13.9. The van der Waals surface area contributed by atoms with Crippen LogP contribution in [0.5, 0.6) is 0 Å². The van der Waals surface area contributed by atoms with Gasteiger partial charge in [0, 0.05) is 39.1 Å². The highest BCUT2D eigenvalue weighted by atomic mass is 15.3. The first-order valence-corrected chi connectivity index (χ1v) is 8.27. The van der Waals surface area contributed by atoms with E-state index in [4.69, 9.17) is 4.98 Å². The van der Waals surface area contributed by atoms with Crippen LogP contribution in [0.2, 0.25) is 0 Å². The highest BCUT2D eigenvalue weighted by molar-refractivity contribution is 5.41. The molecule has 3 rings (SSSR count). The standard InChI is InChI=1S/C17H24N6/c1-14-5-11-23(12-6-14)16-13-19-21-17(20-16)22(2)10-7-15-3-8-18-9-4-15/h3-4,8-9,13-14H,5-7,10-12H2,1-2H3. The molecule has 0 radical (unpaired) electrons. The largest absolute Gasteiger partial charge is 0.355 e. The van der Waals surface area contributed by atoms with Crippen LogP contribution in [0.1, 0.15) is 25.3 Å². The summed E-state index contributed by atoms with van der Waals surface area (Å²) in [6.45, 7) is 5.28. The van der Waals surface area contributed by atoms with Crippen molar-refractivity contribution in [2.45, 2.75) is 26.2 Å². The first-order valence-electron chi connectivity index (χ1n) is 8.27. The van der Waals surface area contributed by atoms with Gasteiger partial charge in [0.05, 0.1) is 6.20 Å². The molecule has 1 aliphatic heterocycles. The van der Waals surface area contributed by atoms with Gasteiger partial charge in [-0.1, -0.05) is 6.92 Å². The van der Waals surface area contributed by atoms with Gasteiger partial charge in [-0.15, -0.1) is 5.10 Å². The molecule has 0 spiro atoms. The molecule has 0 atom stereocenters. The van der Waals surface area contributed by atoms with E-state index >= 15 is 0 Å². The van der Waals surface area contributed by atoms with Crippen LogP contribution in [0.3, 0.4) is 0 Å². The Balaban J connectivity index is 1.62. The zero-order valence-corrected chi connectivity index (χ0v) is 13.9. The monoisotopic (exact) mass is 312 g/mol. The lowest BCUT2D eigenvalue weighted by Crippen LogP contribution is -2.34. The van der Waals surface area contributed by atoms with Crippen molar-refractivity contribution in [3.63, 3.8) is 0 Å². The number of nitrogens with zero attached hydrogens (tertiary/aromatic N) is 6. The lowest BCUT2D eigenvalue weighted by atomic mass is 9.99. The Kier molecular flexibility index (Phi) is 5.00.